The zero-order valence-electron chi connectivity index (χ0n) is 21.3. The fraction of sp³-hybridized carbons (Fsp3) is 0.966. The zero-order valence-corrected chi connectivity index (χ0v) is 21.3. The van der Waals surface area contributed by atoms with E-state index in [-0.39, 0.29) is 12.1 Å². The van der Waals surface area contributed by atoms with Crippen molar-refractivity contribution in [2.75, 3.05) is 6.54 Å². The summed E-state index contributed by atoms with van der Waals surface area (Å²) >= 11 is 0. The van der Waals surface area contributed by atoms with E-state index < -0.39 is 0 Å². The molecule has 0 aromatic carbocycles. The Bertz CT molecular complexity index is 766. The molecule has 4 saturated carbocycles. The van der Waals surface area contributed by atoms with E-state index in [2.05, 4.69) is 32.6 Å². The van der Waals surface area contributed by atoms with E-state index in [1.54, 1.807) is 6.92 Å². The van der Waals surface area contributed by atoms with E-state index in [0.717, 1.165) is 66.4 Å². The largest absolute Gasteiger partial charge is 0.463 e. The van der Waals surface area contributed by atoms with Crippen LogP contribution in [0.25, 0.3) is 0 Å². The lowest BCUT2D eigenvalue weighted by molar-refractivity contribution is -0.160. The highest BCUT2D eigenvalue weighted by Gasteiger charge is 2.67. The summed E-state index contributed by atoms with van der Waals surface area (Å²) in [5.74, 6) is 6.19. The minimum Gasteiger partial charge on any atom is -0.463 e. The zero-order chi connectivity index (χ0) is 22.4. The van der Waals surface area contributed by atoms with Gasteiger partial charge in [0.05, 0.1) is 0 Å². The molecule has 3 heteroatoms. The molecular weight excluding hydrogens is 394 g/mol. The van der Waals surface area contributed by atoms with Crippen molar-refractivity contribution in [1.29, 1.82) is 0 Å². The van der Waals surface area contributed by atoms with Crippen molar-refractivity contribution in [3.8, 4) is 0 Å². The molecule has 0 bridgehead atoms. The number of carbonyl (C=O) groups is 1. The molecule has 12 atom stereocenters. The molecule has 0 aromatic heterocycles. The van der Waals surface area contributed by atoms with Crippen LogP contribution < -0.4 is 0 Å². The van der Waals surface area contributed by atoms with Crippen LogP contribution in [0.2, 0.25) is 0 Å². The summed E-state index contributed by atoms with van der Waals surface area (Å²) in [6.07, 6.45) is 13.8. The average Bonchev–Trinajstić information content (AvgIpc) is 3.20. The molecule has 0 amide bonds. The second kappa shape index (κ2) is 7.46. The molecule has 6 aliphatic rings. The number of nitrogens with zero attached hydrogens (tertiary/aromatic N) is 1. The van der Waals surface area contributed by atoms with E-state index in [9.17, 15) is 4.79 Å². The molecule has 3 nitrogen and oxygen atoms in total. The number of carbonyl (C=O) groups excluding carboxylic acids is 1. The minimum atomic E-state index is -0.0855. The summed E-state index contributed by atoms with van der Waals surface area (Å²) in [4.78, 5) is 14.6. The van der Waals surface area contributed by atoms with E-state index in [0.29, 0.717) is 10.8 Å². The molecule has 12 unspecified atom stereocenters. The van der Waals surface area contributed by atoms with E-state index in [4.69, 9.17) is 4.74 Å². The quantitative estimate of drug-likeness (QED) is 0.447. The fourth-order valence-corrected chi connectivity index (χ4v) is 11.3. The Balaban J connectivity index is 1.24. The summed E-state index contributed by atoms with van der Waals surface area (Å²) in [5, 5.41) is 0. The predicted molar refractivity (Wildman–Crippen MR) is 128 cm³/mol. The fourth-order valence-electron chi connectivity index (χ4n) is 11.3. The maximum atomic E-state index is 11.6. The first kappa shape index (κ1) is 21.9. The molecule has 0 spiro atoms. The lowest BCUT2D eigenvalue weighted by atomic mass is 9.44. The Kier molecular flexibility index (Phi) is 5.11. The first-order chi connectivity index (χ1) is 15.2. The van der Waals surface area contributed by atoms with Crippen molar-refractivity contribution in [2.45, 2.75) is 117 Å². The highest BCUT2D eigenvalue weighted by Crippen LogP contribution is 2.70. The number of rotatable bonds is 1. The summed E-state index contributed by atoms with van der Waals surface area (Å²) in [7, 11) is 0. The standard InChI is InChI=1S/C29H47NO2/c1-17-6-9-25-18(2)27-26(30(25)16-17)15-24-22-8-7-20-14-21(32-19(3)31)10-12-28(20,4)23(22)11-13-29(24,27)5/h17-18,20-27H,6-16H2,1-5H3. The molecule has 6 rings (SSSR count). The lowest BCUT2D eigenvalue weighted by Gasteiger charge is -2.61. The van der Waals surface area contributed by atoms with Crippen LogP contribution in [0, 0.1) is 52.3 Å². The van der Waals surface area contributed by atoms with Gasteiger partial charge in [-0.05, 0) is 116 Å². The van der Waals surface area contributed by atoms with Crippen LogP contribution in [0.5, 0.6) is 0 Å². The lowest BCUT2D eigenvalue weighted by Crippen LogP contribution is -2.54. The molecule has 0 radical (unpaired) electrons. The maximum Gasteiger partial charge on any atom is 0.302 e. The maximum absolute atomic E-state index is 11.6. The number of esters is 1. The van der Waals surface area contributed by atoms with Gasteiger partial charge in [0, 0.05) is 25.6 Å². The first-order valence-electron chi connectivity index (χ1n) is 14.2. The van der Waals surface area contributed by atoms with E-state index in [1.807, 2.05) is 0 Å². The van der Waals surface area contributed by atoms with Gasteiger partial charge >= 0.3 is 5.97 Å². The Labute approximate surface area is 196 Å². The van der Waals surface area contributed by atoms with Gasteiger partial charge in [-0.25, -0.2) is 0 Å². The van der Waals surface area contributed by atoms with E-state index >= 15 is 0 Å². The molecule has 2 saturated heterocycles. The van der Waals surface area contributed by atoms with Crippen molar-refractivity contribution in [1.82, 2.24) is 4.90 Å². The van der Waals surface area contributed by atoms with Gasteiger partial charge < -0.3 is 4.74 Å². The molecule has 0 aromatic rings. The number of hydrogen-bond donors (Lipinski definition) is 0. The SMILES string of the molecule is CC(=O)OC1CCC2(C)C(CCC3C2CCC2(C)C3CC3C2C(C)C2CCC(C)CN23)C1. The van der Waals surface area contributed by atoms with Crippen LogP contribution in [-0.2, 0) is 9.53 Å². The monoisotopic (exact) mass is 441 g/mol. The Morgan fingerprint density at radius 2 is 1.66 bits per heavy atom. The van der Waals surface area contributed by atoms with Gasteiger partial charge in [0.15, 0.2) is 0 Å². The highest BCUT2D eigenvalue weighted by atomic mass is 16.5. The van der Waals surface area contributed by atoms with Gasteiger partial charge in [0.1, 0.15) is 6.10 Å². The first-order valence-corrected chi connectivity index (χ1v) is 14.2. The Hall–Kier alpha value is -0.570. The third kappa shape index (κ3) is 2.97. The number of fused-ring (bicyclic) bond motifs is 9. The second-order valence-corrected chi connectivity index (χ2v) is 13.8. The topological polar surface area (TPSA) is 29.5 Å². The van der Waals surface area contributed by atoms with Gasteiger partial charge in [-0.15, -0.1) is 0 Å². The van der Waals surface area contributed by atoms with Crippen molar-refractivity contribution in [3.05, 3.63) is 0 Å². The van der Waals surface area contributed by atoms with Crippen LogP contribution in [0.4, 0.5) is 0 Å². The predicted octanol–water partition coefficient (Wildman–Crippen LogP) is 6.31. The van der Waals surface area contributed by atoms with Crippen molar-refractivity contribution in [2.24, 2.45) is 52.3 Å². The summed E-state index contributed by atoms with van der Waals surface area (Å²) in [6.45, 7) is 13.4. The molecule has 0 N–H and O–H groups in total. The molecule has 2 heterocycles. The molecule has 32 heavy (non-hydrogen) atoms. The van der Waals surface area contributed by atoms with Crippen molar-refractivity contribution >= 4 is 5.97 Å². The van der Waals surface area contributed by atoms with Crippen molar-refractivity contribution in [3.63, 3.8) is 0 Å². The summed E-state index contributed by atoms with van der Waals surface area (Å²) in [5.41, 5.74) is 1.05. The smallest absolute Gasteiger partial charge is 0.302 e. The molecule has 6 fully saturated rings. The minimum absolute atomic E-state index is 0.0855. The van der Waals surface area contributed by atoms with Crippen molar-refractivity contribution < 1.29 is 9.53 Å². The number of ether oxygens (including phenoxy) is 1. The number of piperidine rings is 1. The van der Waals surface area contributed by atoms with Crippen LogP contribution in [0.3, 0.4) is 0 Å². The summed E-state index contributed by atoms with van der Waals surface area (Å²) < 4.78 is 5.68. The normalized spacial score (nSPS) is 57.0. The highest BCUT2D eigenvalue weighted by molar-refractivity contribution is 5.66. The van der Waals surface area contributed by atoms with Gasteiger partial charge in [-0.2, -0.15) is 0 Å². The number of hydrogen-bond acceptors (Lipinski definition) is 3. The van der Waals surface area contributed by atoms with Gasteiger partial charge in [-0.3, -0.25) is 9.69 Å². The molecule has 2 aliphatic heterocycles. The van der Waals surface area contributed by atoms with Crippen LogP contribution in [0.1, 0.15) is 98.8 Å². The Morgan fingerprint density at radius 1 is 0.875 bits per heavy atom. The van der Waals surface area contributed by atoms with Gasteiger partial charge in [0.25, 0.3) is 0 Å². The van der Waals surface area contributed by atoms with Gasteiger partial charge in [0.2, 0.25) is 0 Å². The Morgan fingerprint density at radius 3 is 2.44 bits per heavy atom. The van der Waals surface area contributed by atoms with E-state index in [1.165, 1.54) is 57.9 Å². The molecule has 180 valence electrons. The third-order valence-electron chi connectivity index (χ3n) is 12.6. The third-order valence-corrected chi connectivity index (χ3v) is 12.6. The second-order valence-electron chi connectivity index (χ2n) is 13.8. The molecular formula is C29H47NO2. The molecule has 4 aliphatic carbocycles. The van der Waals surface area contributed by atoms with Gasteiger partial charge in [-0.1, -0.05) is 27.7 Å². The average molecular weight is 442 g/mol. The van der Waals surface area contributed by atoms with Crippen LogP contribution in [-0.4, -0.2) is 35.6 Å². The summed E-state index contributed by atoms with van der Waals surface area (Å²) in [6, 6.07) is 1.75. The van der Waals surface area contributed by atoms with Crippen LogP contribution >= 0.6 is 0 Å². The van der Waals surface area contributed by atoms with Crippen LogP contribution in [0.15, 0.2) is 0 Å².